The Morgan fingerprint density at radius 3 is 3.10 bits per heavy atom. The van der Waals surface area contributed by atoms with E-state index in [2.05, 4.69) is 6.92 Å². The number of hydrogen-bond donors (Lipinski definition) is 1. The molecule has 10 heavy (non-hydrogen) atoms. The maximum atomic E-state index is 9.45. The molecular formula is C7H15BO2. The molecule has 0 aromatic rings. The molecule has 2 atom stereocenters. The van der Waals surface area contributed by atoms with E-state index in [-0.39, 0.29) is 0 Å². The van der Waals surface area contributed by atoms with Crippen LogP contribution < -0.4 is 0 Å². The third kappa shape index (κ3) is 2.31. The van der Waals surface area contributed by atoms with Gasteiger partial charge in [-0.25, -0.2) is 0 Å². The number of hydrogen-bond acceptors (Lipinski definition) is 2. The van der Waals surface area contributed by atoms with Gasteiger partial charge in [-0.1, -0.05) is 13.2 Å². The van der Waals surface area contributed by atoms with Gasteiger partial charge in [0.2, 0.25) is 0 Å². The third-order valence-electron chi connectivity index (χ3n) is 2.02. The average molecular weight is 142 g/mol. The van der Waals surface area contributed by atoms with Crippen molar-refractivity contribution in [3.05, 3.63) is 0 Å². The second-order valence-corrected chi connectivity index (χ2v) is 3.48. The average Bonchev–Trinajstić information content (AvgIpc) is 1.94. The lowest BCUT2D eigenvalue weighted by Crippen LogP contribution is -2.27. The Morgan fingerprint density at radius 1 is 1.70 bits per heavy atom. The predicted octanol–water partition coefficient (Wildman–Crippen LogP) is 0.634. The fraction of sp³-hybridized carbons (Fsp3) is 1.00. The van der Waals surface area contributed by atoms with Gasteiger partial charge in [-0.3, -0.25) is 0 Å². The molecule has 0 radical (unpaired) electrons. The van der Waals surface area contributed by atoms with Gasteiger partial charge in [0.1, 0.15) is 7.28 Å². The van der Waals surface area contributed by atoms with Crippen LogP contribution in [0.2, 0.25) is 12.6 Å². The monoisotopic (exact) mass is 142 g/mol. The maximum absolute atomic E-state index is 9.45. The first kappa shape index (κ1) is 8.09. The smallest absolute Gasteiger partial charge is 0.155 e. The van der Waals surface area contributed by atoms with Gasteiger partial charge in [-0.05, 0) is 19.2 Å². The first-order chi connectivity index (χ1) is 4.60. The molecule has 0 amide bonds. The highest BCUT2D eigenvalue weighted by Crippen LogP contribution is 2.20. The van der Waals surface area contributed by atoms with Crippen LogP contribution in [0.15, 0.2) is 0 Å². The Hall–Kier alpha value is -0.0151. The van der Waals surface area contributed by atoms with Gasteiger partial charge in [-0.15, -0.1) is 0 Å². The maximum Gasteiger partial charge on any atom is 0.155 e. The molecule has 3 heteroatoms. The standard InChI is InChI=1S/C7H15BO2/c1-6-3-8-5-7(2,9)10-4-6/h6,8-9H,3-5H2,1-2H3. The quantitative estimate of drug-likeness (QED) is 0.502. The fourth-order valence-corrected chi connectivity index (χ4v) is 1.26. The Bertz CT molecular complexity index is 114. The zero-order chi connectivity index (χ0) is 7.61. The summed E-state index contributed by atoms with van der Waals surface area (Å²) in [4.78, 5) is 0. The summed E-state index contributed by atoms with van der Waals surface area (Å²) in [5.41, 5.74) is 0. The molecule has 0 aliphatic carbocycles. The largest absolute Gasteiger partial charge is 0.366 e. The molecule has 0 aromatic heterocycles. The van der Waals surface area contributed by atoms with Crippen LogP contribution in [0.1, 0.15) is 13.8 Å². The van der Waals surface area contributed by atoms with E-state index in [1.165, 1.54) is 6.32 Å². The Morgan fingerprint density at radius 2 is 2.40 bits per heavy atom. The fourth-order valence-electron chi connectivity index (χ4n) is 1.26. The number of aliphatic hydroxyl groups is 1. The summed E-state index contributed by atoms with van der Waals surface area (Å²) in [6, 6.07) is 0. The Balaban J connectivity index is 2.41. The first-order valence-corrected chi connectivity index (χ1v) is 3.96. The molecule has 1 aliphatic heterocycles. The van der Waals surface area contributed by atoms with Crippen molar-refractivity contribution in [2.45, 2.75) is 32.3 Å². The summed E-state index contributed by atoms with van der Waals surface area (Å²) in [6.45, 7) is 4.60. The van der Waals surface area contributed by atoms with E-state index in [4.69, 9.17) is 4.74 Å². The van der Waals surface area contributed by atoms with Gasteiger partial charge in [-0.2, -0.15) is 0 Å². The van der Waals surface area contributed by atoms with Crippen molar-refractivity contribution in [3.63, 3.8) is 0 Å². The lowest BCUT2D eigenvalue weighted by molar-refractivity contribution is -0.178. The minimum Gasteiger partial charge on any atom is -0.366 e. The van der Waals surface area contributed by atoms with E-state index in [1.54, 1.807) is 6.92 Å². The highest BCUT2D eigenvalue weighted by atomic mass is 16.6. The molecule has 1 aliphatic rings. The van der Waals surface area contributed by atoms with Crippen LogP contribution in [0, 0.1) is 5.92 Å². The zero-order valence-electron chi connectivity index (χ0n) is 6.76. The molecule has 1 saturated heterocycles. The van der Waals surface area contributed by atoms with Gasteiger partial charge in [0.25, 0.3) is 0 Å². The molecule has 2 nitrogen and oxygen atoms in total. The normalized spacial score (nSPS) is 42.1. The lowest BCUT2D eigenvalue weighted by Gasteiger charge is -2.21. The number of ether oxygens (including phenoxy) is 1. The van der Waals surface area contributed by atoms with Gasteiger partial charge in [0, 0.05) is 0 Å². The number of rotatable bonds is 0. The van der Waals surface area contributed by atoms with Crippen molar-refractivity contribution >= 4 is 7.28 Å². The highest BCUT2D eigenvalue weighted by molar-refractivity contribution is 6.35. The van der Waals surface area contributed by atoms with E-state index in [9.17, 15) is 5.11 Å². The van der Waals surface area contributed by atoms with Crippen LogP contribution in [0.5, 0.6) is 0 Å². The van der Waals surface area contributed by atoms with Crippen LogP contribution in [0.25, 0.3) is 0 Å². The van der Waals surface area contributed by atoms with E-state index in [0.29, 0.717) is 12.5 Å². The summed E-state index contributed by atoms with van der Waals surface area (Å²) in [5, 5.41) is 9.45. The second-order valence-electron chi connectivity index (χ2n) is 3.48. The molecule has 1 rings (SSSR count). The SMILES string of the molecule is CC1CBCC(C)(O)OC1. The molecule has 0 bridgehead atoms. The zero-order valence-corrected chi connectivity index (χ0v) is 6.76. The first-order valence-electron chi connectivity index (χ1n) is 3.96. The molecule has 2 unspecified atom stereocenters. The molecule has 1 fully saturated rings. The highest BCUT2D eigenvalue weighted by Gasteiger charge is 2.25. The molecular weight excluding hydrogens is 127 g/mol. The van der Waals surface area contributed by atoms with E-state index in [1.807, 2.05) is 0 Å². The van der Waals surface area contributed by atoms with Crippen molar-refractivity contribution in [2.24, 2.45) is 5.92 Å². The van der Waals surface area contributed by atoms with Crippen molar-refractivity contribution < 1.29 is 9.84 Å². The molecule has 0 aromatic carbocycles. The van der Waals surface area contributed by atoms with Crippen molar-refractivity contribution in [1.82, 2.24) is 0 Å². The van der Waals surface area contributed by atoms with Crippen LogP contribution >= 0.6 is 0 Å². The summed E-state index contributed by atoms with van der Waals surface area (Å²) in [5.74, 6) is -0.251. The molecule has 1 heterocycles. The molecule has 1 N–H and O–H groups in total. The summed E-state index contributed by atoms with van der Waals surface area (Å²) >= 11 is 0. The van der Waals surface area contributed by atoms with Crippen molar-refractivity contribution in [1.29, 1.82) is 0 Å². The van der Waals surface area contributed by atoms with E-state index in [0.717, 1.165) is 13.6 Å². The summed E-state index contributed by atoms with van der Waals surface area (Å²) in [7, 11) is 1.08. The third-order valence-corrected chi connectivity index (χ3v) is 2.02. The van der Waals surface area contributed by atoms with Gasteiger partial charge < -0.3 is 9.84 Å². The van der Waals surface area contributed by atoms with Gasteiger partial charge in [0.05, 0.1) is 6.61 Å². The van der Waals surface area contributed by atoms with Crippen molar-refractivity contribution in [2.75, 3.05) is 6.61 Å². The van der Waals surface area contributed by atoms with Crippen LogP contribution in [-0.4, -0.2) is 24.8 Å². The van der Waals surface area contributed by atoms with Gasteiger partial charge in [0.15, 0.2) is 5.79 Å². The van der Waals surface area contributed by atoms with Crippen LogP contribution in [-0.2, 0) is 4.74 Å². The van der Waals surface area contributed by atoms with E-state index < -0.39 is 5.79 Å². The summed E-state index contributed by atoms with van der Waals surface area (Å²) < 4.78 is 5.26. The minimum atomic E-state index is -0.856. The van der Waals surface area contributed by atoms with Crippen LogP contribution in [0.3, 0.4) is 0 Å². The molecule has 0 spiro atoms. The molecule has 58 valence electrons. The topological polar surface area (TPSA) is 29.5 Å². The predicted molar refractivity (Wildman–Crippen MR) is 42.5 cm³/mol. The Kier molecular flexibility index (Phi) is 2.37. The second kappa shape index (κ2) is 2.93. The molecule has 0 saturated carbocycles. The van der Waals surface area contributed by atoms with E-state index >= 15 is 0 Å². The lowest BCUT2D eigenvalue weighted by atomic mass is 9.66. The Labute approximate surface area is 62.8 Å². The van der Waals surface area contributed by atoms with Crippen molar-refractivity contribution in [3.8, 4) is 0 Å². The van der Waals surface area contributed by atoms with Gasteiger partial charge >= 0.3 is 0 Å². The summed E-state index contributed by atoms with van der Waals surface area (Å²) in [6.07, 6.45) is 1.95. The minimum absolute atomic E-state index is 0.606. The van der Waals surface area contributed by atoms with Crippen LogP contribution in [0.4, 0.5) is 0 Å².